The number of carbonyl (C=O) groups is 1. The minimum Gasteiger partial charge on any atom is -0.466 e. The second kappa shape index (κ2) is 6.77. The molecule has 2 saturated carbocycles. The molecule has 2 bridgehead atoms. The quantitative estimate of drug-likeness (QED) is 0.783. The van der Waals surface area contributed by atoms with E-state index in [-0.39, 0.29) is 5.97 Å². The second-order valence-corrected chi connectivity index (χ2v) is 7.12. The molecule has 1 N–H and O–H groups in total. The van der Waals surface area contributed by atoms with Crippen LogP contribution in [-0.4, -0.2) is 24.1 Å². The van der Waals surface area contributed by atoms with Crippen LogP contribution in [-0.2, 0) is 16.0 Å². The average Bonchev–Trinajstić information content (AvgIpc) is 3.19. The highest BCUT2D eigenvalue weighted by atomic mass is 32.1. The maximum absolute atomic E-state index is 11.3. The van der Waals surface area contributed by atoms with Gasteiger partial charge in [-0.3, -0.25) is 4.79 Å². The number of aromatic nitrogens is 1. The van der Waals surface area contributed by atoms with Gasteiger partial charge in [0.25, 0.3) is 0 Å². The lowest BCUT2D eigenvalue weighted by Gasteiger charge is -2.21. The highest BCUT2D eigenvalue weighted by molar-refractivity contribution is 7.13. The van der Waals surface area contributed by atoms with Gasteiger partial charge in [-0.05, 0) is 43.9 Å². The smallest absolute Gasteiger partial charge is 0.306 e. The summed E-state index contributed by atoms with van der Waals surface area (Å²) < 4.78 is 4.93. The van der Waals surface area contributed by atoms with Crippen molar-refractivity contribution in [3.8, 4) is 0 Å². The predicted octanol–water partition coefficient (Wildman–Crippen LogP) is 3.49. The first-order valence-electron chi connectivity index (χ1n) is 8.08. The zero-order valence-electron chi connectivity index (χ0n) is 12.6. The number of fused-ring (bicyclic) bond motifs is 2. The lowest BCUT2D eigenvalue weighted by atomic mass is 9.89. The fraction of sp³-hybridized carbons (Fsp3) is 0.750. The molecule has 1 heterocycles. The van der Waals surface area contributed by atoms with Crippen LogP contribution in [0.2, 0.25) is 0 Å². The molecular weight excluding hydrogens is 284 g/mol. The molecule has 0 aromatic carbocycles. The van der Waals surface area contributed by atoms with E-state index in [1.165, 1.54) is 25.7 Å². The molecule has 0 saturated heterocycles. The van der Waals surface area contributed by atoms with Gasteiger partial charge in [-0.15, -0.1) is 11.3 Å². The minimum atomic E-state index is -0.137. The Labute approximate surface area is 130 Å². The van der Waals surface area contributed by atoms with Crippen molar-refractivity contribution in [3.63, 3.8) is 0 Å². The molecule has 3 atom stereocenters. The summed E-state index contributed by atoms with van der Waals surface area (Å²) in [5.74, 6) is 2.65. The summed E-state index contributed by atoms with van der Waals surface area (Å²) in [6, 6.07) is 0. The maximum atomic E-state index is 11.3. The first-order chi connectivity index (χ1) is 10.2. The van der Waals surface area contributed by atoms with Crippen molar-refractivity contribution >= 4 is 22.4 Å². The summed E-state index contributed by atoms with van der Waals surface area (Å²) in [7, 11) is 0. The average molecular weight is 308 g/mol. The highest BCUT2D eigenvalue weighted by Gasteiger charge is 2.39. The van der Waals surface area contributed by atoms with E-state index in [9.17, 15) is 4.79 Å². The van der Waals surface area contributed by atoms with Crippen LogP contribution in [0.15, 0.2) is 5.38 Å². The topological polar surface area (TPSA) is 51.2 Å². The molecule has 1 aromatic heterocycles. The Hall–Kier alpha value is -1.10. The van der Waals surface area contributed by atoms with E-state index >= 15 is 0 Å². The molecule has 2 aliphatic carbocycles. The molecule has 3 unspecified atom stereocenters. The van der Waals surface area contributed by atoms with Crippen molar-refractivity contribution in [3.05, 3.63) is 11.1 Å². The largest absolute Gasteiger partial charge is 0.466 e. The van der Waals surface area contributed by atoms with Crippen molar-refractivity contribution in [1.82, 2.24) is 4.98 Å². The standard InChI is InChI=1S/C16H24N2O2S/c1-2-20-15(19)6-5-14-10-21-16(18-14)17-9-13-8-11-3-4-12(13)7-11/h10-13H,2-9H2,1H3,(H,17,18). The van der Waals surface area contributed by atoms with Crippen LogP contribution in [0.5, 0.6) is 0 Å². The van der Waals surface area contributed by atoms with Crippen LogP contribution in [0.1, 0.15) is 44.7 Å². The van der Waals surface area contributed by atoms with Gasteiger partial charge in [0.05, 0.1) is 18.7 Å². The zero-order chi connectivity index (χ0) is 14.7. The lowest BCUT2D eigenvalue weighted by molar-refractivity contribution is -0.143. The number of thiazole rings is 1. The number of anilines is 1. The van der Waals surface area contributed by atoms with Gasteiger partial charge in [0.1, 0.15) is 0 Å². The fourth-order valence-corrected chi connectivity index (χ4v) is 4.57. The SMILES string of the molecule is CCOC(=O)CCc1csc(NCC2CC3CCC2C3)n1. The Kier molecular flexibility index (Phi) is 4.78. The fourth-order valence-electron chi connectivity index (χ4n) is 3.81. The third kappa shape index (κ3) is 3.76. The normalized spacial score (nSPS) is 27.0. The van der Waals surface area contributed by atoms with Gasteiger partial charge in [0, 0.05) is 18.3 Å². The molecule has 2 aliphatic rings. The molecule has 116 valence electrons. The van der Waals surface area contributed by atoms with E-state index in [1.807, 2.05) is 12.3 Å². The summed E-state index contributed by atoms with van der Waals surface area (Å²) in [4.78, 5) is 15.9. The number of aryl methyl sites for hydroxylation is 1. The summed E-state index contributed by atoms with van der Waals surface area (Å²) >= 11 is 1.64. The van der Waals surface area contributed by atoms with E-state index in [0.717, 1.165) is 35.1 Å². The van der Waals surface area contributed by atoms with Crippen molar-refractivity contribution in [1.29, 1.82) is 0 Å². The summed E-state index contributed by atoms with van der Waals surface area (Å²) in [5.41, 5.74) is 0.989. The molecule has 4 nitrogen and oxygen atoms in total. The number of hydrogen-bond acceptors (Lipinski definition) is 5. The molecule has 0 aliphatic heterocycles. The molecular formula is C16H24N2O2S. The summed E-state index contributed by atoms with van der Waals surface area (Å²) in [6.07, 6.45) is 6.83. The van der Waals surface area contributed by atoms with Crippen LogP contribution in [0.3, 0.4) is 0 Å². The van der Waals surface area contributed by atoms with Gasteiger partial charge < -0.3 is 10.1 Å². The first kappa shape index (κ1) is 14.8. The highest BCUT2D eigenvalue weighted by Crippen LogP contribution is 2.48. The second-order valence-electron chi connectivity index (χ2n) is 6.26. The van der Waals surface area contributed by atoms with Crippen LogP contribution >= 0.6 is 11.3 Å². The maximum Gasteiger partial charge on any atom is 0.306 e. The van der Waals surface area contributed by atoms with E-state index in [4.69, 9.17) is 4.74 Å². The monoisotopic (exact) mass is 308 g/mol. The van der Waals surface area contributed by atoms with Crippen molar-refractivity contribution in [2.45, 2.75) is 45.4 Å². The predicted molar refractivity (Wildman–Crippen MR) is 84.5 cm³/mol. The van der Waals surface area contributed by atoms with Gasteiger partial charge in [-0.2, -0.15) is 0 Å². The lowest BCUT2D eigenvalue weighted by Crippen LogP contribution is -2.20. The van der Waals surface area contributed by atoms with Gasteiger partial charge in [-0.25, -0.2) is 4.98 Å². The van der Waals surface area contributed by atoms with Crippen molar-refractivity contribution in [2.75, 3.05) is 18.5 Å². The molecule has 0 spiro atoms. The van der Waals surface area contributed by atoms with E-state index < -0.39 is 0 Å². The number of esters is 1. The van der Waals surface area contributed by atoms with Gasteiger partial charge in [0.15, 0.2) is 5.13 Å². The number of hydrogen-bond donors (Lipinski definition) is 1. The Morgan fingerprint density at radius 3 is 3.10 bits per heavy atom. The summed E-state index contributed by atoms with van der Waals surface area (Å²) in [6.45, 7) is 3.34. The van der Waals surface area contributed by atoms with Crippen LogP contribution in [0.4, 0.5) is 5.13 Å². The number of nitrogens with zero attached hydrogens (tertiary/aromatic N) is 1. The Bertz CT molecular complexity index is 488. The Balaban J connectivity index is 1.41. The molecule has 2 fully saturated rings. The number of nitrogens with one attached hydrogen (secondary N) is 1. The molecule has 21 heavy (non-hydrogen) atoms. The number of ether oxygens (including phenoxy) is 1. The zero-order valence-corrected chi connectivity index (χ0v) is 13.5. The summed E-state index contributed by atoms with van der Waals surface area (Å²) in [5, 5.41) is 6.54. The number of carbonyl (C=O) groups excluding carboxylic acids is 1. The van der Waals surface area contributed by atoms with Crippen LogP contribution in [0, 0.1) is 17.8 Å². The van der Waals surface area contributed by atoms with E-state index in [1.54, 1.807) is 11.3 Å². The molecule has 0 amide bonds. The van der Waals surface area contributed by atoms with Gasteiger partial charge in [0.2, 0.25) is 0 Å². The molecule has 1 aromatic rings. The van der Waals surface area contributed by atoms with Crippen LogP contribution in [0.25, 0.3) is 0 Å². The molecule has 0 radical (unpaired) electrons. The molecule has 5 heteroatoms. The van der Waals surface area contributed by atoms with E-state index in [0.29, 0.717) is 19.4 Å². The molecule has 3 rings (SSSR count). The minimum absolute atomic E-state index is 0.137. The number of rotatable bonds is 7. The third-order valence-electron chi connectivity index (χ3n) is 4.84. The third-order valence-corrected chi connectivity index (χ3v) is 5.69. The Morgan fingerprint density at radius 2 is 2.38 bits per heavy atom. The van der Waals surface area contributed by atoms with Crippen molar-refractivity contribution < 1.29 is 9.53 Å². The van der Waals surface area contributed by atoms with Crippen molar-refractivity contribution in [2.24, 2.45) is 17.8 Å². The van der Waals surface area contributed by atoms with Crippen LogP contribution < -0.4 is 5.32 Å². The van der Waals surface area contributed by atoms with Gasteiger partial charge >= 0.3 is 5.97 Å². The van der Waals surface area contributed by atoms with Gasteiger partial charge in [-0.1, -0.05) is 6.42 Å². The Morgan fingerprint density at radius 1 is 1.48 bits per heavy atom. The van der Waals surface area contributed by atoms with E-state index in [2.05, 4.69) is 10.3 Å². The first-order valence-corrected chi connectivity index (χ1v) is 8.96.